The van der Waals surface area contributed by atoms with Crippen LogP contribution < -0.4 is 5.32 Å². The average Bonchev–Trinajstić information content (AvgIpc) is 2.79. The molecule has 0 saturated carbocycles. The van der Waals surface area contributed by atoms with Crippen LogP contribution in [0.1, 0.15) is 17.5 Å². The third-order valence-corrected chi connectivity index (χ3v) is 3.62. The Bertz CT molecular complexity index is 569. The largest absolute Gasteiger partial charge is 0.299 e. The van der Waals surface area contributed by atoms with Crippen molar-refractivity contribution in [3.05, 3.63) is 39.9 Å². The maximum atomic E-state index is 11.4. The number of aromatic nitrogens is 2. The summed E-state index contributed by atoms with van der Waals surface area (Å²) in [7, 11) is 0. The molecule has 1 aromatic carbocycles. The maximum Gasteiger partial charge on any atom is 0.243 e. The summed E-state index contributed by atoms with van der Waals surface area (Å²) in [6.45, 7) is 1.60. The highest BCUT2D eigenvalue weighted by Gasteiger charge is 2.12. The van der Waals surface area contributed by atoms with Gasteiger partial charge in [-0.1, -0.05) is 35.1 Å². The topological polar surface area (TPSA) is 54.9 Å². The number of alkyl halides is 1. The number of halogens is 2. The number of nitrogens with one attached hydrogen (secondary N) is 1. The van der Waals surface area contributed by atoms with Crippen molar-refractivity contribution in [2.75, 3.05) is 5.32 Å². The highest BCUT2D eigenvalue weighted by atomic mass is 35.5. The van der Waals surface area contributed by atoms with E-state index in [4.69, 9.17) is 23.2 Å². The molecule has 0 aliphatic carbocycles. The van der Waals surface area contributed by atoms with Crippen LogP contribution in [-0.2, 0) is 11.2 Å². The molecule has 4 nitrogen and oxygen atoms in total. The number of anilines is 1. The first-order valence-electron chi connectivity index (χ1n) is 5.56. The van der Waals surface area contributed by atoms with Crippen LogP contribution in [0.25, 0.3) is 0 Å². The number of carbonyl (C=O) groups excluding carboxylic acids is 1. The Morgan fingerprint density at radius 1 is 1.37 bits per heavy atom. The van der Waals surface area contributed by atoms with Crippen LogP contribution in [0.15, 0.2) is 24.3 Å². The molecule has 1 N–H and O–H groups in total. The van der Waals surface area contributed by atoms with Gasteiger partial charge in [-0.3, -0.25) is 10.1 Å². The zero-order valence-electron chi connectivity index (χ0n) is 10.1. The second-order valence-corrected chi connectivity index (χ2v) is 6.06. The lowest BCUT2D eigenvalue weighted by atomic mass is 10.2. The minimum atomic E-state index is -0.594. The van der Waals surface area contributed by atoms with E-state index >= 15 is 0 Å². The van der Waals surface area contributed by atoms with E-state index in [-0.39, 0.29) is 5.91 Å². The van der Waals surface area contributed by atoms with Crippen molar-refractivity contribution in [2.24, 2.45) is 0 Å². The first-order chi connectivity index (χ1) is 9.04. The fraction of sp³-hybridized carbons (Fsp3) is 0.250. The molecule has 1 atom stereocenters. The van der Waals surface area contributed by atoms with Crippen molar-refractivity contribution < 1.29 is 4.79 Å². The maximum absolute atomic E-state index is 11.4. The molecule has 0 bridgehead atoms. The van der Waals surface area contributed by atoms with E-state index in [0.29, 0.717) is 16.6 Å². The van der Waals surface area contributed by atoms with Gasteiger partial charge in [-0.25, -0.2) is 0 Å². The molecule has 19 heavy (non-hydrogen) atoms. The number of carbonyl (C=O) groups is 1. The number of hydrogen-bond acceptors (Lipinski definition) is 4. The molecular formula is C12H11Cl2N3OS. The molecule has 0 aliphatic heterocycles. The number of amides is 1. The third-order valence-electron chi connectivity index (χ3n) is 2.33. The van der Waals surface area contributed by atoms with E-state index in [1.807, 2.05) is 24.3 Å². The van der Waals surface area contributed by atoms with Gasteiger partial charge in [0.2, 0.25) is 11.0 Å². The Morgan fingerprint density at radius 3 is 2.68 bits per heavy atom. The van der Waals surface area contributed by atoms with Gasteiger partial charge < -0.3 is 0 Å². The lowest BCUT2D eigenvalue weighted by molar-refractivity contribution is -0.115. The first-order valence-corrected chi connectivity index (χ1v) is 7.19. The van der Waals surface area contributed by atoms with Crippen LogP contribution >= 0.6 is 34.5 Å². The smallest absolute Gasteiger partial charge is 0.243 e. The standard InChI is InChI=1S/C12H11Cl2N3OS/c1-7(13)11(18)15-12-17-16-10(19-12)6-8-2-4-9(14)5-3-8/h2-5,7H,6H2,1H3,(H,15,17,18). The fourth-order valence-electron chi connectivity index (χ4n) is 1.36. The van der Waals surface area contributed by atoms with E-state index in [0.717, 1.165) is 10.6 Å². The normalized spacial score (nSPS) is 12.2. The van der Waals surface area contributed by atoms with Crippen molar-refractivity contribution in [1.29, 1.82) is 0 Å². The van der Waals surface area contributed by atoms with Crippen LogP contribution in [0, 0.1) is 0 Å². The van der Waals surface area contributed by atoms with Gasteiger partial charge in [0.25, 0.3) is 0 Å². The predicted octanol–water partition coefficient (Wildman–Crippen LogP) is 3.35. The molecular weight excluding hydrogens is 305 g/mol. The Hall–Kier alpha value is -1.17. The number of benzene rings is 1. The second kappa shape index (κ2) is 6.32. The molecule has 0 fully saturated rings. The Morgan fingerprint density at radius 2 is 2.05 bits per heavy atom. The minimum absolute atomic E-state index is 0.282. The molecule has 2 rings (SSSR count). The molecule has 1 aromatic heterocycles. The number of nitrogens with zero attached hydrogens (tertiary/aromatic N) is 2. The van der Waals surface area contributed by atoms with Gasteiger partial charge in [0.1, 0.15) is 10.4 Å². The molecule has 0 spiro atoms. The van der Waals surface area contributed by atoms with Gasteiger partial charge in [0.15, 0.2) is 0 Å². The minimum Gasteiger partial charge on any atom is -0.299 e. The highest BCUT2D eigenvalue weighted by molar-refractivity contribution is 7.15. The summed E-state index contributed by atoms with van der Waals surface area (Å²) < 4.78 is 0. The van der Waals surface area contributed by atoms with Gasteiger partial charge in [0, 0.05) is 11.4 Å². The van der Waals surface area contributed by atoms with Crippen molar-refractivity contribution in [3.8, 4) is 0 Å². The van der Waals surface area contributed by atoms with Crippen molar-refractivity contribution >= 4 is 45.6 Å². The Kier molecular flexibility index (Phi) is 4.74. The van der Waals surface area contributed by atoms with E-state index < -0.39 is 5.38 Å². The molecule has 2 aromatic rings. The number of rotatable bonds is 4. The van der Waals surface area contributed by atoms with E-state index in [1.54, 1.807) is 6.92 Å². The lowest BCUT2D eigenvalue weighted by Gasteiger charge is -2.00. The fourth-order valence-corrected chi connectivity index (χ4v) is 2.31. The molecule has 0 aliphatic rings. The summed E-state index contributed by atoms with van der Waals surface area (Å²) in [6, 6.07) is 7.53. The van der Waals surface area contributed by atoms with Crippen molar-refractivity contribution in [1.82, 2.24) is 10.2 Å². The van der Waals surface area contributed by atoms with Gasteiger partial charge >= 0.3 is 0 Å². The average molecular weight is 316 g/mol. The third kappa shape index (κ3) is 4.16. The van der Waals surface area contributed by atoms with Crippen LogP contribution in [-0.4, -0.2) is 21.5 Å². The predicted molar refractivity (Wildman–Crippen MR) is 78.1 cm³/mol. The first kappa shape index (κ1) is 14.2. The summed E-state index contributed by atoms with van der Waals surface area (Å²) in [5.41, 5.74) is 1.09. The Balaban J connectivity index is 2.01. The van der Waals surface area contributed by atoms with Crippen LogP contribution in [0.5, 0.6) is 0 Å². The monoisotopic (exact) mass is 315 g/mol. The van der Waals surface area contributed by atoms with Crippen LogP contribution in [0.4, 0.5) is 5.13 Å². The second-order valence-electron chi connectivity index (χ2n) is 3.91. The highest BCUT2D eigenvalue weighted by Crippen LogP contribution is 2.20. The summed E-state index contributed by atoms with van der Waals surface area (Å²) in [4.78, 5) is 11.4. The van der Waals surface area contributed by atoms with Crippen molar-refractivity contribution in [2.45, 2.75) is 18.7 Å². The van der Waals surface area contributed by atoms with E-state index in [2.05, 4.69) is 15.5 Å². The van der Waals surface area contributed by atoms with Gasteiger partial charge in [-0.2, -0.15) is 0 Å². The van der Waals surface area contributed by atoms with E-state index in [9.17, 15) is 4.79 Å². The van der Waals surface area contributed by atoms with Crippen molar-refractivity contribution in [3.63, 3.8) is 0 Å². The zero-order chi connectivity index (χ0) is 13.8. The van der Waals surface area contributed by atoms with Gasteiger partial charge in [-0.05, 0) is 24.6 Å². The molecule has 0 radical (unpaired) electrons. The van der Waals surface area contributed by atoms with E-state index in [1.165, 1.54) is 11.3 Å². The Labute approximate surface area is 124 Å². The van der Waals surface area contributed by atoms with Gasteiger partial charge in [-0.15, -0.1) is 21.8 Å². The number of hydrogen-bond donors (Lipinski definition) is 1. The summed E-state index contributed by atoms with van der Waals surface area (Å²) in [5.74, 6) is -0.282. The summed E-state index contributed by atoms with van der Waals surface area (Å²) >= 11 is 12.8. The molecule has 100 valence electrons. The molecule has 1 amide bonds. The molecule has 7 heteroatoms. The molecule has 0 saturated heterocycles. The quantitative estimate of drug-likeness (QED) is 0.880. The SMILES string of the molecule is CC(Cl)C(=O)Nc1nnc(Cc2ccc(Cl)cc2)s1. The van der Waals surface area contributed by atoms with Gasteiger partial charge in [0.05, 0.1) is 0 Å². The zero-order valence-corrected chi connectivity index (χ0v) is 12.4. The summed E-state index contributed by atoms with van der Waals surface area (Å²) in [5, 5.41) is 11.9. The lowest BCUT2D eigenvalue weighted by Crippen LogP contribution is -2.20. The molecule has 1 unspecified atom stereocenters. The molecule has 1 heterocycles. The van der Waals surface area contributed by atoms with Crippen LogP contribution in [0.2, 0.25) is 5.02 Å². The summed E-state index contributed by atoms with van der Waals surface area (Å²) in [6.07, 6.45) is 0.654. The van der Waals surface area contributed by atoms with Crippen LogP contribution in [0.3, 0.4) is 0 Å².